The monoisotopic (exact) mass is 226 g/mol. The zero-order chi connectivity index (χ0) is 8.48. The van der Waals surface area contributed by atoms with E-state index in [0.717, 1.165) is 5.56 Å². The molecule has 0 aliphatic heterocycles. The molecule has 0 atom stereocenters. The molecule has 4 nitrogen and oxygen atoms in total. The molecule has 0 aliphatic rings. The Morgan fingerprint density at radius 3 is 1.85 bits per heavy atom. The molecule has 0 aromatic heterocycles. The second-order valence-corrected chi connectivity index (χ2v) is 3.71. The molecule has 0 heterocycles. The minimum Gasteiger partial charge on any atom is -0.412 e. The van der Waals surface area contributed by atoms with Crippen LogP contribution in [0.3, 0.4) is 0 Å². The second-order valence-electron chi connectivity index (χ2n) is 2.29. The Balaban J connectivity index is 0. The topological polar surface area (TPSA) is 85.9 Å². The minimum atomic E-state index is -4.02. The zero-order valence-electron chi connectivity index (χ0n) is 6.89. The van der Waals surface area contributed by atoms with Crippen molar-refractivity contribution in [1.29, 1.82) is 0 Å². The van der Waals surface area contributed by atoms with Crippen LogP contribution in [-0.4, -0.2) is 18.4 Å². The number of benzene rings is 1. The van der Waals surface area contributed by atoms with Gasteiger partial charge >= 0.3 is 0 Å². The molecule has 0 amide bonds. The molecular weight excluding hydrogens is 216 g/mol. The van der Waals surface area contributed by atoms with Crippen LogP contribution in [0.15, 0.2) is 29.2 Å². The standard InChI is InChI=1S/C7H8O3S.ClH.H2O/c1-6-2-4-7(5-3-6)11(8,9)10;;/h2-5H,1H3,(H,8,9,10);1H;1H2. The summed E-state index contributed by atoms with van der Waals surface area (Å²) in [5.74, 6) is 0. The number of rotatable bonds is 1. The van der Waals surface area contributed by atoms with E-state index in [1.54, 1.807) is 12.1 Å². The lowest BCUT2D eigenvalue weighted by Crippen LogP contribution is -1.96. The third-order valence-corrected chi connectivity index (χ3v) is 2.19. The maximum Gasteiger partial charge on any atom is 0.294 e. The van der Waals surface area contributed by atoms with Crippen molar-refractivity contribution in [3.05, 3.63) is 29.8 Å². The van der Waals surface area contributed by atoms with Crippen LogP contribution in [0.25, 0.3) is 0 Å². The van der Waals surface area contributed by atoms with Gasteiger partial charge in [0.2, 0.25) is 0 Å². The van der Waals surface area contributed by atoms with Crippen molar-refractivity contribution in [3.8, 4) is 0 Å². The summed E-state index contributed by atoms with van der Waals surface area (Å²) in [5.41, 5.74) is 0.956. The second kappa shape index (κ2) is 5.18. The summed E-state index contributed by atoms with van der Waals surface area (Å²) >= 11 is 0. The zero-order valence-corrected chi connectivity index (χ0v) is 8.52. The molecule has 0 spiro atoms. The number of hydrogen-bond donors (Lipinski definition) is 1. The van der Waals surface area contributed by atoms with Gasteiger partial charge in [-0.1, -0.05) is 17.7 Å². The Morgan fingerprint density at radius 2 is 1.54 bits per heavy atom. The highest BCUT2D eigenvalue weighted by atomic mass is 35.5. The van der Waals surface area contributed by atoms with Crippen LogP contribution < -0.4 is 0 Å². The first-order valence-electron chi connectivity index (χ1n) is 3.04. The molecule has 0 radical (unpaired) electrons. The Kier molecular flexibility index (Phi) is 5.93. The van der Waals surface area contributed by atoms with Crippen LogP contribution >= 0.6 is 12.4 Å². The molecule has 13 heavy (non-hydrogen) atoms. The van der Waals surface area contributed by atoms with Gasteiger partial charge in [0.15, 0.2) is 0 Å². The van der Waals surface area contributed by atoms with Crippen molar-refractivity contribution in [2.24, 2.45) is 0 Å². The van der Waals surface area contributed by atoms with Crippen LogP contribution in [0.1, 0.15) is 5.56 Å². The summed E-state index contributed by atoms with van der Waals surface area (Å²) in [5, 5.41) is 0. The van der Waals surface area contributed by atoms with Gasteiger partial charge in [0.05, 0.1) is 4.90 Å². The molecule has 0 unspecified atom stereocenters. The van der Waals surface area contributed by atoms with Gasteiger partial charge in [0.25, 0.3) is 10.1 Å². The van der Waals surface area contributed by atoms with Crippen molar-refractivity contribution in [1.82, 2.24) is 0 Å². The van der Waals surface area contributed by atoms with Gasteiger partial charge in [0, 0.05) is 0 Å². The van der Waals surface area contributed by atoms with E-state index in [1.165, 1.54) is 12.1 Å². The molecule has 0 fully saturated rings. The summed E-state index contributed by atoms with van der Waals surface area (Å²) in [6.07, 6.45) is 0. The molecule has 1 rings (SSSR count). The summed E-state index contributed by atoms with van der Waals surface area (Å²) in [7, 11) is -4.02. The summed E-state index contributed by atoms with van der Waals surface area (Å²) in [4.78, 5) is -0.0666. The first kappa shape index (κ1) is 14.9. The fraction of sp³-hybridized carbons (Fsp3) is 0.143. The summed E-state index contributed by atoms with van der Waals surface area (Å²) < 4.78 is 29.6. The SMILES string of the molecule is Cc1ccc(S(=O)(=O)O)cc1.Cl.O. The highest BCUT2D eigenvalue weighted by molar-refractivity contribution is 7.85. The molecular formula is C7H11ClO4S. The van der Waals surface area contributed by atoms with E-state index >= 15 is 0 Å². The molecule has 3 N–H and O–H groups in total. The van der Waals surface area contributed by atoms with Crippen LogP contribution in [0.2, 0.25) is 0 Å². The van der Waals surface area contributed by atoms with E-state index in [1.807, 2.05) is 6.92 Å². The van der Waals surface area contributed by atoms with E-state index in [2.05, 4.69) is 0 Å². The fourth-order valence-corrected chi connectivity index (χ4v) is 1.19. The van der Waals surface area contributed by atoms with E-state index in [4.69, 9.17) is 4.55 Å². The molecule has 0 saturated carbocycles. The fourth-order valence-electron chi connectivity index (χ4n) is 0.710. The van der Waals surface area contributed by atoms with Crippen LogP contribution in [0, 0.1) is 6.92 Å². The molecule has 0 saturated heterocycles. The molecule has 0 aliphatic carbocycles. The predicted octanol–water partition coefficient (Wildman–Crippen LogP) is 0.839. The molecule has 6 heteroatoms. The van der Waals surface area contributed by atoms with Gasteiger partial charge in [-0.2, -0.15) is 8.42 Å². The smallest absolute Gasteiger partial charge is 0.294 e. The average molecular weight is 227 g/mol. The predicted molar refractivity (Wildman–Crippen MR) is 51.9 cm³/mol. The maximum absolute atomic E-state index is 10.5. The number of aryl methyl sites for hydroxylation is 1. The van der Waals surface area contributed by atoms with Crippen molar-refractivity contribution >= 4 is 22.5 Å². The number of halogens is 1. The molecule has 1 aromatic carbocycles. The first-order chi connectivity index (χ1) is 5.00. The first-order valence-corrected chi connectivity index (χ1v) is 4.48. The third kappa shape index (κ3) is 4.23. The summed E-state index contributed by atoms with van der Waals surface area (Å²) in [6, 6.07) is 5.99. The Bertz CT molecular complexity index is 343. The van der Waals surface area contributed by atoms with Gasteiger partial charge in [-0.05, 0) is 19.1 Å². The van der Waals surface area contributed by atoms with Crippen molar-refractivity contribution in [3.63, 3.8) is 0 Å². The van der Waals surface area contributed by atoms with Gasteiger partial charge < -0.3 is 5.48 Å². The highest BCUT2D eigenvalue weighted by Gasteiger charge is 2.06. The molecule has 0 bridgehead atoms. The lowest BCUT2D eigenvalue weighted by Gasteiger charge is -1.95. The van der Waals surface area contributed by atoms with Gasteiger partial charge in [0.1, 0.15) is 0 Å². The largest absolute Gasteiger partial charge is 0.412 e. The van der Waals surface area contributed by atoms with E-state index in [0.29, 0.717) is 0 Å². The maximum atomic E-state index is 10.5. The molecule has 1 aromatic rings. The quantitative estimate of drug-likeness (QED) is 0.720. The van der Waals surface area contributed by atoms with Crippen LogP contribution in [0.5, 0.6) is 0 Å². The van der Waals surface area contributed by atoms with Crippen LogP contribution in [0.4, 0.5) is 0 Å². The average Bonchev–Trinajstić information content (AvgIpc) is 1.86. The Labute approximate surface area is 83.1 Å². The third-order valence-electron chi connectivity index (χ3n) is 1.32. The minimum absolute atomic E-state index is 0. The van der Waals surface area contributed by atoms with E-state index in [9.17, 15) is 8.42 Å². The Hall–Kier alpha value is -0.620. The molecule has 76 valence electrons. The van der Waals surface area contributed by atoms with Crippen molar-refractivity contribution < 1.29 is 18.4 Å². The lowest BCUT2D eigenvalue weighted by molar-refractivity contribution is 0.483. The Morgan fingerprint density at radius 1 is 1.15 bits per heavy atom. The van der Waals surface area contributed by atoms with Crippen molar-refractivity contribution in [2.75, 3.05) is 0 Å². The lowest BCUT2D eigenvalue weighted by atomic mass is 10.2. The van der Waals surface area contributed by atoms with Gasteiger partial charge in [-0.25, -0.2) is 0 Å². The van der Waals surface area contributed by atoms with E-state index < -0.39 is 10.1 Å². The van der Waals surface area contributed by atoms with Gasteiger partial charge in [-0.15, -0.1) is 12.4 Å². The van der Waals surface area contributed by atoms with Crippen LogP contribution in [-0.2, 0) is 10.1 Å². The normalized spacial score (nSPS) is 9.69. The van der Waals surface area contributed by atoms with E-state index in [-0.39, 0.29) is 22.8 Å². The highest BCUT2D eigenvalue weighted by Crippen LogP contribution is 2.08. The summed E-state index contributed by atoms with van der Waals surface area (Å²) in [6.45, 7) is 1.84. The number of hydrogen-bond acceptors (Lipinski definition) is 2. The van der Waals surface area contributed by atoms with Gasteiger partial charge in [-0.3, -0.25) is 4.55 Å². The van der Waals surface area contributed by atoms with Crippen molar-refractivity contribution in [2.45, 2.75) is 11.8 Å².